The van der Waals surface area contributed by atoms with E-state index in [1.54, 1.807) is 6.92 Å². The lowest BCUT2D eigenvalue weighted by atomic mass is 10.2. The molecule has 0 atom stereocenters. The molecule has 66 valence electrons. The molecule has 1 heterocycles. The Bertz CT molecular complexity index is 270. The smallest absolute Gasteiger partial charge is 0.355 e. The number of carbonyl (C=O) groups excluding carboxylic acids is 1. The van der Waals surface area contributed by atoms with Crippen LogP contribution < -0.4 is 0 Å². The molecule has 1 aromatic heterocycles. The highest BCUT2D eigenvalue weighted by molar-refractivity contribution is 5.89. The van der Waals surface area contributed by atoms with Crippen molar-refractivity contribution in [2.75, 3.05) is 6.61 Å². The van der Waals surface area contributed by atoms with Crippen molar-refractivity contribution >= 4 is 5.97 Å². The fourth-order valence-corrected chi connectivity index (χ4v) is 0.906. The van der Waals surface area contributed by atoms with E-state index < -0.39 is 12.6 Å². The number of aromatic nitrogens is 1. The SMILES string of the molecule is CCOC(=O)c1[nH]ccc1CF. The Kier molecular flexibility index (Phi) is 2.85. The van der Waals surface area contributed by atoms with Crippen LogP contribution in [0.4, 0.5) is 4.39 Å². The summed E-state index contributed by atoms with van der Waals surface area (Å²) in [4.78, 5) is 13.7. The van der Waals surface area contributed by atoms with E-state index in [1.807, 2.05) is 0 Å². The highest BCUT2D eigenvalue weighted by atomic mass is 19.1. The topological polar surface area (TPSA) is 42.1 Å². The summed E-state index contributed by atoms with van der Waals surface area (Å²) in [6.45, 7) is 1.34. The quantitative estimate of drug-likeness (QED) is 0.703. The lowest BCUT2D eigenvalue weighted by Gasteiger charge is -1.99. The molecule has 1 rings (SSSR count). The first-order chi connectivity index (χ1) is 5.79. The van der Waals surface area contributed by atoms with Gasteiger partial charge in [0.2, 0.25) is 0 Å². The summed E-state index contributed by atoms with van der Waals surface area (Å²) < 4.78 is 16.9. The molecule has 0 saturated carbocycles. The first-order valence-corrected chi connectivity index (χ1v) is 3.69. The van der Waals surface area contributed by atoms with Crippen LogP contribution in [0.25, 0.3) is 0 Å². The van der Waals surface area contributed by atoms with Crippen molar-refractivity contribution in [1.82, 2.24) is 4.98 Å². The first kappa shape index (κ1) is 8.77. The van der Waals surface area contributed by atoms with Crippen molar-refractivity contribution in [1.29, 1.82) is 0 Å². The van der Waals surface area contributed by atoms with Gasteiger partial charge in [-0.05, 0) is 13.0 Å². The maximum absolute atomic E-state index is 12.2. The zero-order valence-electron chi connectivity index (χ0n) is 6.76. The van der Waals surface area contributed by atoms with Gasteiger partial charge < -0.3 is 9.72 Å². The van der Waals surface area contributed by atoms with Crippen LogP contribution in [-0.4, -0.2) is 17.6 Å². The summed E-state index contributed by atoms with van der Waals surface area (Å²) in [6, 6.07) is 1.52. The van der Waals surface area contributed by atoms with Crippen LogP contribution in [0.1, 0.15) is 23.0 Å². The minimum atomic E-state index is -0.655. The fraction of sp³-hybridized carbons (Fsp3) is 0.375. The van der Waals surface area contributed by atoms with Crippen molar-refractivity contribution in [2.24, 2.45) is 0 Å². The Morgan fingerprint density at radius 1 is 1.75 bits per heavy atom. The molecular formula is C8H10FNO2. The second kappa shape index (κ2) is 3.90. The third-order valence-electron chi connectivity index (χ3n) is 1.46. The molecule has 1 aromatic rings. The minimum Gasteiger partial charge on any atom is -0.461 e. The average molecular weight is 171 g/mol. The first-order valence-electron chi connectivity index (χ1n) is 3.69. The van der Waals surface area contributed by atoms with Crippen LogP contribution in [0, 0.1) is 0 Å². The van der Waals surface area contributed by atoms with E-state index in [2.05, 4.69) is 4.98 Å². The number of ether oxygens (including phenoxy) is 1. The molecule has 0 aromatic carbocycles. The van der Waals surface area contributed by atoms with Gasteiger partial charge in [0, 0.05) is 11.8 Å². The van der Waals surface area contributed by atoms with E-state index >= 15 is 0 Å². The number of esters is 1. The zero-order valence-corrected chi connectivity index (χ0v) is 6.76. The fourth-order valence-electron chi connectivity index (χ4n) is 0.906. The van der Waals surface area contributed by atoms with E-state index in [9.17, 15) is 9.18 Å². The van der Waals surface area contributed by atoms with E-state index in [4.69, 9.17) is 4.74 Å². The number of H-pyrrole nitrogens is 1. The van der Waals surface area contributed by atoms with Gasteiger partial charge in [-0.2, -0.15) is 0 Å². The van der Waals surface area contributed by atoms with Gasteiger partial charge in [0.1, 0.15) is 12.4 Å². The highest BCUT2D eigenvalue weighted by Gasteiger charge is 2.12. The number of hydrogen-bond acceptors (Lipinski definition) is 2. The van der Waals surface area contributed by atoms with Gasteiger partial charge in [-0.15, -0.1) is 0 Å². The van der Waals surface area contributed by atoms with Crippen molar-refractivity contribution in [3.8, 4) is 0 Å². The number of hydrogen-bond donors (Lipinski definition) is 1. The Hall–Kier alpha value is -1.32. The molecule has 0 fully saturated rings. The zero-order chi connectivity index (χ0) is 8.97. The maximum atomic E-state index is 12.2. The third-order valence-corrected chi connectivity index (χ3v) is 1.46. The number of rotatable bonds is 3. The largest absolute Gasteiger partial charge is 0.461 e. The molecule has 0 unspecified atom stereocenters. The molecule has 12 heavy (non-hydrogen) atoms. The molecule has 0 bridgehead atoms. The molecule has 3 nitrogen and oxygen atoms in total. The molecular weight excluding hydrogens is 161 g/mol. The van der Waals surface area contributed by atoms with Crippen LogP contribution >= 0.6 is 0 Å². The van der Waals surface area contributed by atoms with Gasteiger partial charge in [-0.1, -0.05) is 0 Å². The van der Waals surface area contributed by atoms with E-state index in [0.29, 0.717) is 12.2 Å². The highest BCUT2D eigenvalue weighted by Crippen LogP contribution is 2.09. The summed E-state index contributed by atoms with van der Waals surface area (Å²) in [7, 11) is 0. The average Bonchev–Trinajstić information content (AvgIpc) is 2.51. The monoisotopic (exact) mass is 171 g/mol. The molecule has 0 aliphatic heterocycles. The van der Waals surface area contributed by atoms with Gasteiger partial charge in [0.05, 0.1) is 6.61 Å². The second-order valence-electron chi connectivity index (χ2n) is 2.23. The summed E-state index contributed by atoms with van der Waals surface area (Å²) in [5, 5.41) is 0. The molecule has 0 saturated heterocycles. The standard InChI is InChI=1S/C8H10FNO2/c1-2-12-8(11)7-6(5-9)3-4-10-7/h3-4,10H,2,5H2,1H3. The molecule has 0 spiro atoms. The normalized spacial score (nSPS) is 9.83. The van der Waals surface area contributed by atoms with Crippen molar-refractivity contribution in [3.63, 3.8) is 0 Å². The molecule has 0 aliphatic carbocycles. The van der Waals surface area contributed by atoms with Crippen LogP contribution in [0.15, 0.2) is 12.3 Å². The van der Waals surface area contributed by atoms with E-state index in [-0.39, 0.29) is 5.69 Å². The lowest BCUT2D eigenvalue weighted by molar-refractivity contribution is 0.0518. The Labute approximate surface area is 69.5 Å². The van der Waals surface area contributed by atoms with Crippen LogP contribution in [0.2, 0.25) is 0 Å². The lowest BCUT2D eigenvalue weighted by Crippen LogP contribution is -2.07. The third kappa shape index (κ3) is 1.64. The van der Waals surface area contributed by atoms with Crippen LogP contribution in [-0.2, 0) is 11.4 Å². The van der Waals surface area contributed by atoms with Gasteiger partial charge in [0.15, 0.2) is 0 Å². The van der Waals surface area contributed by atoms with Crippen molar-refractivity contribution in [3.05, 3.63) is 23.5 Å². The second-order valence-corrected chi connectivity index (χ2v) is 2.23. The summed E-state index contributed by atoms with van der Waals surface area (Å²) in [5.41, 5.74) is 0.549. The number of alkyl halides is 1. The number of nitrogens with one attached hydrogen (secondary N) is 1. The summed E-state index contributed by atoms with van der Waals surface area (Å²) in [5.74, 6) is -0.504. The Morgan fingerprint density at radius 3 is 3.08 bits per heavy atom. The van der Waals surface area contributed by atoms with E-state index in [1.165, 1.54) is 12.3 Å². The van der Waals surface area contributed by atoms with Crippen LogP contribution in [0.3, 0.4) is 0 Å². The predicted octanol–water partition coefficient (Wildman–Crippen LogP) is 1.66. The van der Waals surface area contributed by atoms with Gasteiger partial charge in [-0.25, -0.2) is 9.18 Å². The minimum absolute atomic E-state index is 0.208. The molecule has 0 amide bonds. The van der Waals surface area contributed by atoms with Crippen LogP contribution in [0.5, 0.6) is 0 Å². The molecule has 0 radical (unpaired) electrons. The van der Waals surface area contributed by atoms with E-state index in [0.717, 1.165) is 0 Å². The van der Waals surface area contributed by atoms with Crippen molar-refractivity contribution < 1.29 is 13.9 Å². The van der Waals surface area contributed by atoms with Gasteiger partial charge in [-0.3, -0.25) is 0 Å². The Morgan fingerprint density at radius 2 is 2.50 bits per heavy atom. The number of halogens is 1. The predicted molar refractivity (Wildman–Crippen MR) is 41.6 cm³/mol. The summed E-state index contributed by atoms with van der Waals surface area (Å²) >= 11 is 0. The number of aromatic amines is 1. The molecule has 4 heteroatoms. The van der Waals surface area contributed by atoms with Gasteiger partial charge >= 0.3 is 5.97 Å². The maximum Gasteiger partial charge on any atom is 0.355 e. The molecule has 0 aliphatic rings. The van der Waals surface area contributed by atoms with Crippen molar-refractivity contribution in [2.45, 2.75) is 13.6 Å². The summed E-state index contributed by atoms with van der Waals surface area (Å²) in [6.07, 6.45) is 1.52. The van der Waals surface area contributed by atoms with Gasteiger partial charge in [0.25, 0.3) is 0 Å². The Balaban J connectivity index is 2.79. The molecule has 1 N–H and O–H groups in total. The number of carbonyl (C=O) groups is 1.